The predicted molar refractivity (Wildman–Crippen MR) is 92.8 cm³/mol. The fraction of sp³-hybridized carbons (Fsp3) is 0. The number of nitrogens with zero attached hydrogens (tertiary/aromatic N) is 2. The van der Waals surface area contributed by atoms with Crippen LogP contribution in [0.3, 0.4) is 0 Å². The summed E-state index contributed by atoms with van der Waals surface area (Å²) >= 11 is 0. The summed E-state index contributed by atoms with van der Waals surface area (Å²) < 4.78 is 5.83. The summed E-state index contributed by atoms with van der Waals surface area (Å²) in [6, 6.07) is 22.2. The Morgan fingerprint density at radius 1 is 0.739 bits per heavy atom. The number of hydrogen-bond acceptors (Lipinski definition) is 3. The van der Waals surface area contributed by atoms with Crippen LogP contribution in [-0.2, 0) is 0 Å². The maximum Gasteiger partial charge on any atom is 0.248 e. The zero-order chi connectivity index (χ0) is 15.6. The second kappa shape index (κ2) is 5.54. The Labute approximate surface area is 133 Å². The van der Waals surface area contributed by atoms with Gasteiger partial charge in [-0.05, 0) is 40.6 Å². The largest absolute Gasteiger partial charge is 0.416 e. The molecule has 4 rings (SSSR count). The third-order valence-electron chi connectivity index (χ3n) is 3.81. The molecule has 0 aliphatic heterocycles. The molecule has 3 aromatic carbocycles. The molecule has 1 aromatic heterocycles. The van der Waals surface area contributed by atoms with E-state index in [0.29, 0.717) is 11.8 Å². The lowest BCUT2D eigenvalue weighted by Crippen LogP contribution is -1.79. The lowest BCUT2D eigenvalue weighted by molar-refractivity contribution is 0.584. The summed E-state index contributed by atoms with van der Waals surface area (Å²) in [6.45, 7) is 3.75. The number of benzene rings is 3. The first kappa shape index (κ1) is 13.5. The van der Waals surface area contributed by atoms with E-state index in [4.69, 9.17) is 4.42 Å². The van der Waals surface area contributed by atoms with Crippen LogP contribution >= 0.6 is 0 Å². The molecular weight excluding hydrogens is 284 g/mol. The van der Waals surface area contributed by atoms with Crippen molar-refractivity contribution in [3.63, 3.8) is 0 Å². The Kier molecular flexibility index (Phi) is 3.24. The summed E-state index contributed by atoms with van der Waals surface area (Å²) in [5.74, 6) is 1.04. The van der Waals surface area contributed by atoms with Crippen LogP contribution in [0.15, 0.2) is 77.7 Å². The monoisotopic (exact) mass is 298 g/mol. The molecule has 0 saturated carbocycles. The third kappa shape index (κ3) is 2.53. The van der Waals surface area contributed by atoms with Gasteiger partial charge < -0.3 is 4.42 Å². The number of rotatable bonds is 3. The smallest absolute Gasteiger partial charge is 0.248 e. The normalized spacial score (nSPS) is 10.8. The van der Waals surface area contributed by atoms with E-state index < -0.39 is 0 Å². The van der Waals surface area contributed by atoms with Crippen molar-refractivity contribution < 1.29 is 4.42 Å². The minimum atomic E-state index is 0.517. The summed E-state index contributed by atoms with van der Waals surface area (Å²) in [7, 11) is 0. The van der Waals surface area contributed by atoms with E-state index in [1.165, 1.54) is 5.39 Å². The van der Waals surface area contributed by atoms with Gasteiger partial charge in [0, 0.05) is 11.1 Å². The number of hydrogen-bond donors (Lipinski definition) is 0. The zero-order valence-electron chi connectivity index (χ0n) is 12.4. The van der Waals surface area contributed by atoms with Crippen LogP contribution in [0, 0.1) is 0 Å². The standard InChI is InChI=1S/C20H14N2O/c1-2-14-7-9-16(10-8-14)19-21-22-20(23-19)18-12-11-15-5-3-4-6-17(15)13-18/h2-13H,1H2. The van der Waals surface area contributed by atoms with Gasteiger partial charge in [-0.3, -0.25) is 0 Å². The molecule has 0 aliphatic rings. The Hall–Kier alpha value is -3.20. The number of aromatic nitrogens is 2. The first-order chi connectivity index (χ1) is 11.3. The SMILES string of the molecule is C=Cc1ccc(-c2nnc(-c3ccc4ccccc4c3)o2)cc1. The van der Waals surface area contributed by atoms with Gasteiger partial charge in [0.2, 0.25) is 11.8 Å². The Morgan fingerprint density at radius 3 is 2.13 bits per heavy atom. The molecule has 0 saturated heterocycles. The molecule has 0 radical (unpaired) electrons. The maximum atomic E-state index is 5.83. The molecule has 0 bridgehead atoms. The second-order valence-corrected chi connectivity index (χ2v) is 5.30. The molecule has 3 heteroatoms. The van der Waals surface area contributed by atoms with E-state index in [1.54, 1.807) is 6.08 Å². The molecule has 0 aliphatic carbocycles. The fourth-order valence-electron chi connectivity index (χ4n) is 2.54. The highest BCUT2D eigenvalue weighted by Crippen LogP contribution is 2.26. The van der Waals surface area contributed by atoms with Crippen molar-refractivity contribution in [1.29, 1.82) is 0 Å². The molecule has 23 heavy (non-hydrogen) atoms. The second-order valence-electron chi connectivity index (χ2n) is 5.30. The molecule has 0 spiro atoms. The molecule has 0 atom stereocenters. The average molecular weight is 298 g/mol. The third-order valence-corrected chi connectivity index (χ3v) is 3.81. The summed E-state index contributed by atoms with van der Waals surface area (Å²) in [5, 5.41) is 10.7. The first-order valence-electron chi connectivity index (χ1n) is 7.39. The van der Waals surface area contributed by atoms with Crippen LogP contribution < -0.4 is 0 Å². The van der Waals surface area contributed by atoms with Crippen molar-refractivity contribution in [3.8, 4) is 22.9 Å². The summed E-state index contributed by atoms with van der Waals surface area (Å²) in [4.78, 5) is 0. The van der Waals surface area contributed by atoms with Gasteiger partial charge in [-0.1, -0.05) is 55.1 Å². The minimum absolute atomic E-state index is 0.517. The fourth-order valence-corrected chi connectivity index (χ4v) is 2.54. The minimum Gasteiger partial charge on any atom is -0.416 e. The van der Waals surface area contributed by atoms with Crippen molar-refractivity contribution in [1.82, 2.24) is 10.2 Å². The molecule has 3 nitrogen and oxygen atoms in total. The van der Waals surface area contributed by atoms with Gasteiger partial charge in [0.15, 0.2) is 0 Å². The molecule has 110 valence electrons. The van der Waals surface area contributed by atoms with Crippen molar-refractivity contribution in [3.05, 3.63) is 78.9 Å². The predicted octanol–water partition coefficient (Wildman–Crippen LogP) is 5.20. The van der Waals surface area contributed by atoms with E-state index in [9.17, 15) is 0 Å². The van der Waals surface area contributed by atoms with Gasteiger partial charge in [-0.25, -0.2) is 0 Å². The Morgan fingerprint density at radius 2 is 1.39 bits per heavy atom. The maximum absolute atomic E-state index is 5.83. The van der Waals surface area contributed by atoms with Gasteiger partial charge in [-0.2, -0.15) is 0 Å². The van der Waals surface area contributed by atoms with Gasteiger partial charge in [0.1, 0.15) is 0 Å². The van der Waals surface area contributed by atoms with Gasteiger partial charge in [0.25, 0.3) is 0 Å². The molecule has 0 fully saturated rings. The molecule has 1 heterocycles. The van der Waals surface area contributed by atoms with Crippen LogP contribution in [0.25, 0.3) is 39.8 Å². The van der Waals surface area contributed by atoms with Crippen LogP contribution in [-0.4, -0.2) is 10.2 Å². The van der Waals surface area contributed by atoms with Crippen molar-refractivity contribution in [2.75, 3.05) is 0 Å². The van der Waals surface area contributed by atoms with Crippen LogP contribution in [0.4, 0.5) is 0 Å². The summed E-state index contributed by atoms with van der Waals surface area (Å²) in [5.41, 5.74) is 2.88. The Balaban J connectivity index is 1.71. The highest BCUT2D eigenvalue weighted by atomic mass is 16.4. The Bertz CT molecular complexity index is 984. The van der Waals surface area contributed by atoms with Crippen LogP contribution in [0.2, 0.25) is 0 Å². The average Bonchev–Trinajstić information content (AvgIpc) is 3.11. The first-order valence-corrected chi connectivity index (χ1v) is 7.39. The molecule has 0 unspecified atom stereocenters. The highest BCUT2D eigenvalue weighted by molar-refractivity contribution is 5.86. The number of fused-ring (bicyclic) bond motifs is 1. The van der Waals surface area contributed by atoms with Crippen LogP contribution in [0.5, 0.6) is 0 Å². The van der Waals surface area contributed by atoms with Crippen molar-refractivity contribution >= 4 is 16.8 Å². The molecule has 0 N–H and O–H groups in total. The molecule has 4 aromatic rings. The van der Waals surface area contributed by atoms with E-state index in [1.807, 2.05) is 42.5 Å². The molecular formula is C20H14N2O. The van der Waals surface area contributed by atoms with Gasteiger partial charge in [0.05, 0.1) is 0 Å². The van der Waals surface area contributed by atoms with E-state index in [0.717, 1.165) is 22.1 Å². The zero-order valence-corrected chi connectivity index (χ0v) is 12.4. The lowest BCUT2D eigenvalue weighted by atomic mass is 10.1. The lowest BCUT2D eigenvalue weighted by Gasteiger charge is -1.99. The van der Waals surface area contributed by atoms with E-state index in [2.05, 4.69) is 41.0 Å². The highest BCUT2D eigenvalue weighted by Gasteiger charge is 2.10. The summed E-state index contributed by atoms with van der Waals surface area (Å²) in [6.07, 6.45) is 1.80. The van der Waals surface area contributed by atoms with Crippen molar-refractivity contribution in [2.45, 2.75) is 0 Å². The van der Waals surface area contributed by atoms with Crippen molar-refractivity contribution in [2.24, 2.45) is 0 Å². The quantitative estimate of drug-likeness (QED) is 0.522. The van der Waals surface area contributed by atoms with Crippen LogP contribution in [0.1, 0.15) is 5.56 Å². The molecule has 0 amide bonds. The van der Waals surface area contributed by atoms with Gasteiger partial charge in [-0.15, -0.1) is 10.2 Å². The topological polar surface area (TPSA) is 38.9 Å². The van der Waals surface area contributed by atoms with Gasteiger partial charge >= 0.3 is 0 Å². The van der Waals surface area contributed by atoms with E-state index in [-0.39, 0.29) is 0 Å². The van der Waals surface area contributed by atoms with E-state index >= 15 is 0 Å².